The molecular formula is C21H21N3O4. The Bertz CT molecular complexity index is 914. The van der Waals surface area contributed by atoms with Gasteiger partial charge in [0.2, 0.25) is 0 Å². The number of carbonyl (C=O) groups excluding carboxylic acids is 2. The van der Waals surface area contributed by atoms with Crippen molar-refractivity contribution >= 4 is 17.6 Å². The number of nitrogens with zero attached hydrogens (tertiary/aromatic N) is 1. The molecule has 7 nitrogen and oxygen atoms in total. The van der Waals surface area contributed by atoms with E-state index in [1.807, 2.05) is 37.3 Å². The third kappa shape index (κ3) is 5.11. The van der Waals surface area contributed by atoms with Crippen molar-refractivity contribution in [3.8, 4) is 11.8 Å². The zero-order valence-corrected chi connectivity index (χ0v) is 15.9. The normalized spacial score (nSPS) is 11.7. The van der Waals surface area contributed by atoms with Crippen LogP contribution in [0.25, 0.3) is 0 Å². The van der Waals surface area contributed by atoms with Crippen LogP contribution < -0.4 is 15.4 Å². The molecule has 1 amide bonds. The lowest BCUT2D eigenvalue weighted by atomic mass is 10.1. The van der Waals surface area contributed by atoms with Crippen molar-refractivity contribution in [3.05, 3.63) is 71.4 Å². The molecule has 0 spiro atoms. The molecule has 0 aromatic heterocycles. The predicted molar refractivity (Wildman–Crippen MR) is 105 cm³/mol. The molecule has 2 rings (SSSR count). The van der Waals surface area contributed by atoms with Gasteiger partial charge in [-0.3, -0.25) is 4.79 Å². The predicted octanol–water partition coefficient (Wildman–Crippen LogP) is 3.18. The third-order valence-corrected chi connectivity index (χ3v) is 4.04. The minimum absolute atomic E-state index is 0.125. The number of esters is 1. The van der Waals surface area contributed by atoms with Crippen molar-refractivity contribution in [3.63, 3.8) is 0 Å². The highest BCUT2D eigenvalue weighted by molar-refractivity contribution is 6.09. The topological polar surface area (TPSA) is 100 Å². The van der Waals surface area contributed by atoms with Gasteiger partial charge in [-0.2, -0.15) is 5.26 Å². The van der Waals surface area contributed by atoms with Gasteiger partial charge in [0.1, 0.15) is 17.4 Å². The van der Waals surface area contributed by atoms with Crippen molar-refractivity contribution in [2.24, 2.45) is 0 Å². The number of para-hydroxylation sites is 1. The van der Waals surface area contributed by atoms with E-state index in [2.05, 4.69) is 10.6 Å². The summed E-state index contributed by atoms with van der Waals surface area (Å²) in [7, 11) is 2.85. The van der Waals surface area contributed by atoms with E-state index in [-0.39, 0.29) is 22.9 Å². The lowest BCUT2D eigenvalue weighted by Gasteiger charge is -2.14. The highest BCUT2D eigenvalue weighted by Gasteiger charge is 2.16. The Morgan fingerprint density at radius 1 is 1.11 bits per heavy atom. The number of ether oxygens (including phenoxy) is 2. The van der Waals surface area contributed by atoms with Gasteiger partial charge in [0, 0.05) is 12.2 Å². The van der Waals surface area contributed by atoms with Crippen molar-refractivity contribution < 1.29 is 19.1 Å². The van der Waals surface area contributed by atoms with Crippen LogP contribution in [-0.4, -0.2) is 26.1 Å². The SMILES string of the molecule is COC(=O)c1ccccc1NC(=O)/C(C#N)=C\NC(C)c1ccc(OC)cc1. The molecule has 2 aromatic carbocycles. The van der Waals surface area contributed by atoms with Gasteiger partial charge in [-0.1, -0.05) is 24.3 Å². The summed E-state index contributed by atoms with van der Waals surface area (Å²) in [5.74, 6) is -0.467. The summed E-state index contributed by atoms with van der Waals surface area (Å²) >= 11 is 0. The van der Waals surface area contributed by atoms with Crippen LogP contribution in [0.5, 0.6) is 5.75 Å². The second-order valence-corrected chi connectivity index (χ2v) is 5.82. The summed E-state index contributed by atoms with van der Waals surface area (Å²) < 4.78 is 9.82. The fourth-order valence-corrected chi connectivity index (χ4v) is 2.42. The Labute approximate surface area is 163 Å². The number of methoxy groups -OCH3 is 2. The molecule has 1 unspecified atom stereocenters. The molecule has 0 aliphatic heterocycles. The maximum Gasteiger partial charge on any atom is 0.339 e. The zero-order valence-electron chi connectivity index (χ0n) is 15.9. The monoisotopic (exact) mass is 379 g/mol. The molecular weight excluding hydrogens is 358 g/mol. The molecule has 0 aliphatic carbocycles. The smallest absolute Gasteiger partial charge is 0.339 e. The highest BCUT2D eigenvalue weighted by Crippen LogP contribution is 2.18. The number of amides is 1. The van der Waals surface area contributed by atoms with Crippen molar-refractivity contribution in [1.29, 1.82) is 5.26 Å². The van der Waals surface area contributed by atoms with Crippen LogP contribution in [-0.2, 0) is 9.53 Å². The standard InChI is InChI=1S/C21H21N3O4/c1-14(15-8-10-17(27-2)11-9-15)23-13-16(12-22)20(25)24-19-7-5-4-6-18(19)21(26)28-3/h4-11,13-14,23H,1-3H3,(H,24,25)/b16-13-. The molecule has 2 N–H and O–H groups in total. The summed E-state index contributed by atoms with van der Waals surface area (Å²) in [6.45, 7) is 1.90. The fourth-order valence-electron chi connectivity index (χ4n) is 2.42. The molecule has 7 heteroatoms. The van der Waals surface area contributed by atoms with Gasteiger partial charge in [-0.15, -0.1) is 0 Å². The van der Waals surface area contributed by atoms with Crippen LogP contribution in [0.4, 0.5) is 5.69 Å². The first-order chi connectivity index (χ1) is 13.5. The fraction of sp³-hybridized carbons (Fsp3) is 0.190. The van der Waals surface area contributed by atoms with Crippen LogP contribution in [0, 0.1) is 11.3 Å². The van der Waals surface area contributed by atoms with Crippen molar-refractivity contribution in [2.45, 2.75) is 13.0 Å². The number of rotatable bonds is 7. The van der Waals surface area contributed by atoms with E-state index in [1.54, 1.807) is 25.3 Å². The lowest BCUT2D eigenvalue weighted by Crippen LogP contribution is -2.20. The zero-order chi connectivity index (χ0) is 20.5. The largest absolute Gasteiger partial charge is 0.497 e. The molecule has 0 fully saturated rings. The van der Waals surface area contributed by atoms with Crippen molar-refractivity contribution in [2.75, 3.05) is 19.5 Å². The summed E-state index contributed by atoms with van der Waals surface area (Å²) in [6.07, 6.45) is 1.35. The number of anilines is 1. The second kappa shape index (κ2) is 9.78. The first-order valence-corrected chi connectivity index (χ1v) is 8.49. The number of carbonyl (C=O) groups is 2. The van der Waals surface area contributed by atoms with Gasteiger partial charge in [-0.05, 0) is 36.8 Å². The third-order valence-electron chi connectivity index (χ3n) is 4.04. The van der Waals surface area contributed by atoms with E-state index in [9.17, 15) is 14.9 Å². The Morgan fingerprint density at radius 3 is 2.39 bits per heavy atom. The molecule has 0 saturated carbocycles. The Kier molecular flexibility index (Phi) is 7.17. The van der Waals surface area contributed by atoms with E-state index in [0.29, 0.717) is 0 Å². The summed E-state index contributed by atoms with van der Waals surface area (Å²) in [4.78, 5) is 24.2. The first-order valence-electron chi connectivity index (χ1n) is 8.49. The van der Waals surface area contributed by atoms with Gasteiger partial charge < -0.3 is 20.1 Å². The molecule has 144 valence electrons. The van der Waals surface area contributed by atoms with E-state index >= 15 is 0 Å². The first kappa shape index (κ1) is 20.5. The van der Waals surface area contributed by atoms with E-state index < -0.39 is 11.9 Å². The van der Waals surface area contributed by atoms with Gasteiger partial charge in [-0.25, -0.2) is 4.79 Å². The molecule has 2 aromatic rings. The Balaban J connectivity index is 2.11. The number of nitriles is 1. The molecule has 1 atom stereocenters. The van der Waals surface area contributed by atoms with Crippen LogP contribution in [0.15, 0.2) is 60.3 Å². The Morgan fingerprint density at radius 2 is 1.79 bits per heavy atom. The van der Waals surface area contributed by atoms with Crippen LogP contribution in [0.3, 0.4) is 0 Å². The maximum atomic E-state index is 12.4. The van der Waals surface area contributed by atoms with Gasteiger partial charge in [0.05, 0.1) is 25.5 Å². The van der Waals surface area contributed by atoms with Gasteiger partial charge in [0.25, 0.3) is 5.91 Å². The lowest BCUT2D eigenvalue weighted by molar-refractivity contribution is -0.112. The molecule has 0 radical (unpaired) electrons. The Hall–Kier alpha value is -3.79. The minimum atomic E-state index is -0.631. The number of hydrogen-bond acceptors (Lipinski definition) is 6. The van der Waals surface area contributed by atoms with Crippen molar-refractivity contribution in [1.82, 2.24) is 5.32 Å². The molecule has 28 heavy (non-hydrogen) atoms. The van der Waals surface area contributed by atoms with Crippen LogP contribution in [0.2, 0.25) is 0 Å². The van der Waals surface area contributed by atoms with Gasteiger partial charge >= 0.3 is 5.97 Å². The molecule has 0 bridgehead atoms. The number of nitrogens with one attached hydrogen (secondary N) is 2. The van der Waals surface area contributed by atoms with Gasteiger partial charge in [0.15, 0.2) is 0 Å². The average molecular weight is 379 g/mol. The summed E-state index contributed by atoms with van der Waals surface area (Å²) in [5.41, 5.74) is 1.31. The van der Waals surface area contributed by atoms with E-state index in [4.69, 9.17) is 9.47 Å². The maximum absolute atomic E-state index is 12.4. The highest BCUT2D eigenvalue weighted by atomic mass is 16.5. The number of hydrogen-bond donors (Lipinski definition) is 2. The summed E-state index contributed by atoms with van der Waals surface area (Å²) in [5, 5.41) is 14.9. The molecule has 0 heterocycles. The summed E-state index contributed by atoms with van der Waals surface area (Å²) in [6, 6.07) is 15.6. The number of benzene rings is 2. The van der Waals surface area contributed by atoms with E-state index in [0.717, 1.165) is 11.3 Å². The second-order valence-electron chi connectivity index (χ2n) is 5.82. The van der Waals surface area contributed by atoms with Crippen LogP contribution >= 0.6 is 0 Å². The average Bonchev–Trinajstić information content (AvgIpc) is 2.73. The molecule has 0 aliphatic rings. The van der Waals surface area contributed by atoms with E-state index in [1.165, 1.54) is 19.4 Å². The minimum Gasteiger partial charge on any atom is -0.497 e. The van der Waals surface area contributed by atoms with Crippen LogP contribution in [0.1, 0.15) is 28.9 Å². The molecule has 0 saturated heterocycles. The quantitative estimate of drug-likeness (QED) is 0.435.